The summed E-state index contributed by atoms with van der Waals surface area (Å²) in [6.07, 6.45) is 2.14. The van der Waals surface area contributed by atoms with Crippen molar-refractivity contribution in [1.82, 2.24) is 15.8 Å². The smallest absolute Gasteiger partial charge is 0.337 e. The maximum Gasteiger partial charge on any atom is 0.337 e. The Kier molecular flexibility index (Phi) is 8.80. The maximum absolute atomic E-state index is 12.7. The number of nitrogens with one attached hydrogen (secondary N) is 2. The number of amides is 3. The van der Waals surface area contributed by atoms with E-state index in [2.05, 4.69) is 15.6 Å². The molecule has 0 spiro atoms. The van der Waals surface area contributed by atoms with Crippen molar-refractivity contribution in [3.05, 3.63) is 75.1 Å². The normalized spacial score (nSPS) is 14.3. The van der Waals surface area contributed by atoms with Gasteiger partial charge in [-0.3, -0.25) is 30.1 Å². The lowest BCUT2D eigenvalue weighted by Gasteiger charge is -2.14. The predicted octanol–water partition coefficient (Wildman–Crippen LogP) is 3.57. The largest absolute Gasteiger partial charge is 0.465 e. The van der Waals surface area contributed by atoms with E-state index in [0.717, 1.165) is 5.56 Å². The van der Waals surface area contributed by atoms with E-state index >= 15 is 0 Å². The molecule has 0 aliphatic carbocycles. The molecule has 11 heteroatoms. The number of hydrazine groups is 1. The van der Waals surface area contributed by atoms with Gasteiger partial charge in [-0.15, -0.1) is 0 Å². The minimum absolute atomic E-state index is 0.0893. The number of thiocarbonyl (C=S) groups is 1. The van der Waals surface area contributed by atoms with Gasteiger partial charge in [0.2, 0.25) is 5.91 Å². The zero-order chi connectivity index (χ0) is 24.7. The summed E-state index contributed by atoms with van der Waals surface area (Å²) >= 11 is 12.3. The number of methoxy groups -OCH3 is 1. The Morgan fingerprint density at radius 3 is 2.35 bits per heavy atom. The fraction of sp³-hybridized carbons (Fsp3) is 0.174. The van der Waals surface area contributed by atoms with E-state index in [4.69, 9.17) is 23.8 Å². The van der Waals surface area contributed by atoms with Gasteiger partial charge in [-0.1, -0.05) is 47.7 Å². The van der Waals surface area contributed by atoms with Crippen molar-refractivity contribution < 1.29 is 23.9 Å². The molecule has 1 aliphatic rings. The number of ether oxygens (including phenoxy) is 1. The number of carbonyl (C=O) groups excluding carboxylic acids is 4. The molecule has 2 N–H and O–H groups in total. The Labute approximate surface area is 210 Å². The van der Waals surface area contributed by atoms with Crippen molar-refractivity contribution in [3.63, 3.8) is 0 Å². The zero-order valence-corrected chi connectivity index (χ0v) is 20.4. The highest BCUT2D eigenvalue weighted by Crippen LogP contribution is 2.32. The maximum atomic E-state index is 12.7. The number of nitrogens with zero attached hydrogens (tertiary/aromatic N) is 1. The fourth-order valence-electron chi connectivity index (χ4n) is 2.94. The van der Waals surface area contributed by atoms with Gasteiger partial charge in [0.15, 0.2) is 0 Å². The van der Waals surface area contributed by atoms with Crippen LogP contribution in [-0.4, -0.2) is 46.6 Å². The number of hydrogen-bond donors (Lipinski definition) is 2. The average molecular weight is 518 g/mol. The Bertz CT molecular complexity index is 1150. The molecule has 0 radical (unpaired) electrons. The number of hydrogen-bond acceptors (Lipinski definition) is 7. The number of rotatable bonds is 7. The van der Waals surface area contributed by atoms with Crippen LogP contribution in [0.2, 0.25) is 5.02 Å². The van der Waals surface area contributed by atoms with Crippen LogP contribution in [0, 0.1) is 0 Å². The minimum Gasteiger partial charge on any atom is -0.465 e. The average Bonchev–Trinajstić information content (AvgIpc) is 3.10. The highest BCUT2D eigenvalue weighted by molar-refractivity contribution is 8.26. The van der Waals surface area contributed by atoms with E-state index in [1.807, 2.05) is 0 Å². The first-order valence-electron chi connectivity index (χ1n) is 10.1. The molecule has 0 aromatic heterocycles. The number of carbonyl (C=O) groups is 4. The molecular weight excluding hydrogens is 498 g/mol. The van der Waals surface area contributed by atoms with Crippen molar-refractivity contribution in [2.24, 2.45) is 0 Å². The third-order valence-electron chi connectivity index (χ3n) is 4.71. The van der Waals surface area contributed by atoms with Crippen LogP contribution in [0.1, 0.15) is 39.1 Å². The first-order valence-corrected chi connectivity index (χ1v) is 11.7. The van der Waals surface area contributed by atoms with Crippen molar-refractivity contribution in [2.75, 3.05) is 13.7 Å². The van der Waals surface area contributed by atoms with Gasteiger partial charge in [-0.05, 0) is 54.5 Å². The molecule has 0 bridgehead atoms. The molecule has 8 nitrogen and oxygen atoms in total. The first-order chi connectivity index (χ1) is 16.3. The van der Waals surface area contributed by atoms with Crippen molar-refractivity contribution in [3.8, 4) is 0 Å². The molecule has 1 aliphatic heterocycles. The van der Waals surface area contributed by atoms with Gasteiger partial charge >= 0.3 is 5.97 Å². The second kappa shape index (κ2) is 11.8. The SMILES string of the molecule is COC(=O)c1ccc(C=C2SC(=S)N(CCCC(=O)NNC(=O)c3ccc(Cl)cc3)C2=O)cc1. The van der Waals surface area contributed by atoms with E-state index in [1.54, 1.807) is 54.6 Å². The van der Waals surface area contributed by atoms with Crippen LogP contribution in [0.3, 0.4) is 0 Å². The highest BCUT2D eigenvalue weighted by Gasteiger charge is 2.31. The summed E-state index contributed by atoms with van der Waals surface area (Å²) in [7, 11) is 1.31. The molecule has 0 unspecified atom stereocenters. The number of esters is 1. The number of benzene rings is 2. The van der Waals surface area contributed by atoms with Crippen LogP contribution in [0.25, 0.3) is 6.08 Å². The summed E-state index contributed by atoms with van der Waals surface area (Å²) in [6, 6.07) is 12.9. The van der Waals surface area contributed by atoms with Gasteiger partial charge in [-0.25, -0.2) is 4.79 Å². The molecule has 34 heavy (non-hydrogen) atoms. The van der Waals surface area contributed by atoms with Gasteiger partial charge in [0, 0.05) is 23.6 Å². The van der Waals surface area contributed by atoms with Crippen LogP contribution >= 0.6 is 35.6 Å². The molecule has 0 atom stereocenters. The molecule has 2 aromatic rings. The van der Waals surface area contributed by atoms with Crippen LogP contribution < -0.4 is 10.9 Å². The molecule has 1 heterocycles. The summed E-state index contributed by atoms with van der Waals surface area (Å²) in [5.74, 6) is -1.55. The standard InChI is InChI=1S/C23H20ClN3O5S2/c1-32-22(31)16-6-4-14(5-7-16)13-18-21(30)27(23(33)34-18)12-2-3-19(28)25-26-20(29)15-8-10-17(24)11-9-15/h4-11,13H,2-3,12H2,1H3,(H,25,28)(H,26,29). The van der Waals surface area contributed by atoms with E-state index in [9.17, 15) is 19.2 Å². The third kappa shape index (κ3) is 6.66. The lowest BCUT2D eigenvalue weighted by atomic mass is 10.1. The van der Waals surface area contributed by atoms with Gasteiger partial charge in [-0.2, -0.15) is 0 Å². The van der Waals surface area contributed by atoms with Gasteiger partial charge in [0.05, 0.1) is 17.6 Å². The second-order valence-corrected chi connectivity index (χ2v) is 9.17. The van der Waals surface area contributed by atoms with Crippen molar-refractivity contribution >= 4 is 69.7 Å². The molecule has 2 aromatic carbocycles. The second-order valence-electron chi connectivity index (χ2n) is 7.06. The first kappa shape index (κ1) is 25.4. The lowest BCUT2D eigenvalue weighted by Crippen LogP contribution is -2.41. The predicted molar refractivity (Wildman–Crippen MR) is 134 cm³/mol. The van der Waals surface area contributed by atoms with Crippen LogP contribution in [0.15, 0.2) is 53.4 Å². The molecule has 1 fully saturated rings. The summed E-state index contributed by atoms with van der Waals surface area (Å²) in [5, 5.41) is 0.502. The highest BCUT2D eigenvalue weighted by atomic mass is 35.5. The van der Waals surface area contributed by atoms with E-state index in [1.165, 1.54) is 23.8 Å². The Morgan fingerprint density at radius 2 is 1.71 bits per heavy atom. The topological polar surface area (TPSA) is 105 Å². The minimum atomic E-state index is -0.466. The number of thioether (sulfide) groups is 1. The van der Waals surface area contributed by atoms with E-state index in [-0.39, 0.29) is 18.9 Å². The molecule has 1 saturated heterocycles. The van der Waals surface area contributed by atoms with Gasteiger partial charge < -0.3 is 4.74 Å². The Balaban J connectivity index is 1.47. The Morgan fingerprint density at radius 1 is 1.06 bits per heavy atom. The van der Waals surface area contributed by atoms with Crippen LogP contribution in [0.4, 0.5) is 0 Å². The number of halogens is 1. The summed E-state index contributed by atoms with van der Waals surface area (Å²) in [4.78, 5) is 50.2. The third-order valence-corrected chi connectivity index (χ3v) is 6.34. The fourth-order valence-corrected chi connectivity index (χ4v) is 4.37. The van der Waals surface area contributed by atoms with Gasteiger partial charge in [0.1, 0.15) is 4.32 Å². The Hall–Kier alpha value is -3.21. The van der Waals surface area contributed by atoms with Crippen LogP contribution in [0.5, 0.6) is 0 Å². The lowest BCUT2D eigenvalue weighted by molar-refractivity contribution is -0.124. The molecular formula is C23H20ClN3O5S2. The summed E-state index contributed by atoms with van der Waals surface area (Å²) < 4.78 is 5.07. The molecule has 0 saturated carbocycles. The van der Waals surface area contributed by atoms with Gasteiger partial charge in [0.25, 0.3) is 11.8 Å². The van der Waals surface area contributed by atoms with Crippen molar-refractivity contribution in [2.45, 2.75) is 12.8 Å². The van der Waals surface area contributed by atoms with Crippen LogP contribution in [-0.2, 0) is 14.3 Å². The summed E-state index contributed by atoms with van der Waals surface area (Å²) in [5.41, 5.74) is 6.18. The van der Waals surface area contributed by atoms with E-state index < -0.39 is 17.8 Å². The molecule has 3 amide bonds. The molecule has 176 valence electrons. The van der Waals surface area contributed by atoms with E-state index in [0.29, 0.717) is 31.8 Å². The summed E-state index contributed by atoms with van der Waals surface area (Å²) in [6.45, 7) is 0.266. The van der Waals surface area contributed by atoms with Crippen molar-refractivity contribution in [1.29, 1.82) is 0 Å². The molecule has 3 rings (SSSR count). The zero-order valence-electron chi connectivity index (χ0n) is 18.0. The quantitative estimate of drug-likeness (QED) is 0.250. The monoisotopic (exact) mass is 517 g/mol.